The minimum absolute atomic E-state index is 0.0262. The van der Waals surface area contributed by atoms with Crippen molar-refractivity contribution in [2.45, 2.75) is 12.6 Å². The Bertz CT molecular complexity index is 1360. The smallest absolute Gasteiger partial charge is 0.251 e. The van der Waals surface area contributed by atoms with Crippen LogP contribution in [0.2, 0.25) is 0 Å². The lowest BCUT2D eigenvalue weighted by Gasteiger charge is -2.09. The molecule has 0 saturated carbocycles. The number of ether oxygens (including phenoxy) is 1. The monoisotopic (exact) mass is 442 g/mol. The molecule has 164 valence electrons. The van der Waals surface area contributed by atoms with Crippen molar-refractivity contribution in [1.82, 2.24) is 4.57 Å². The minimum atomic E-state index is -0.702. The lowest BCUT2D eigenvalue weighted by molar-refractivity contribution is 0.317. The fourth-order valence-electron chi connectivity index (χ4n) is 3.88. The molecule has 0 saturated heterocycles. The fraction of sp³-hybridized carbons (Fsp3) is 0.111. The molecule has 3 aromatic carbocycles. The van der Waals surface area contributed by atoms with E-state index in [0.29, 0.717) is 6.54 Å². The SMILES string of the molecule is O=c1cc(-c2ccc(C3COC(c4c(F)cccc4F)=N3)cc2)ccn1Cc1ccccc1. The van der Waals surface area contributed by atoms with E-state index in [1.165, 1.54) is 18.2 Å². The third-order valence-electron chi connectivity index (χ3n) is 5.65. The van der Waals surface area contributed by atoms with E-state index in [4.69, 9.17) is 4.74 Å². The summed E-state index contributed by atoms with van der Waals surface area (Å²) in [5.41, 5.74) is 3.31. The number of pyridine rings is 1. The summed E-state index contributed by atoms with van der Waals surface area (Å²) in [6.07, 6.45) is 1.79. The third-order valence-corrected chi connectivity index (χ3v) is 5.65. The highest BCUT2D eigenvalue weighted by atomic mass is 19.1. The van der Waals surface area contributed by atoms with Crippen molar-refractivity contribution in [1.29, 1.82) is 0 Å². The second-order valence-corrected chi connectivity index (χ2v) is 7.85. The van der Waals surface area contributed by atoms with Crippen molar-refractivity contribution < 1.29 is 13.5 Å². The van der Waals surface area contributed by atoms with Crippen LogP contribution in [0.3, 0.4) is 0 Å². The first-order chi connectivity index (χ1) is 16.1. The van der Waals surface area contributed by atoms with Crippen molar-refractivity contribution in [2.24, 2.45) is 4.99 Å². The molecule has 0 aliphatic carbocycles. The topological polar surface area (TPSA) is 43.6 Å². The van der Waals surface area contributed by atoms with Crippen molar-refractivity contribution >= 4 is 5.90 Å². The maximum Gasteiger partial charge on any atom is 0.251 e. The maximum atomic E-state index is 14.0. The highest BCUT2D eigenvalue weighted by molar-refractivity contribution is 5.95. The van der Waals surface area contributed by atoms with Gasteiger partial charge in [0.25, 0.3) is 5.56 Å². The molecule has 0 bridgehead atoms. The number of benzene rings is 3. The summed E-state index contributed by atoms with van der Waals surface area (Å²) in [6, 6.07) is 24.3. The van der Waals surface area contributed by atoms with Gasteiger partial charge in [-0.1, -0.05) is 60.7 Å². The first-order valence-corrected chi connectivity index (χ1v) is 10.6. The van der Waals surface area contributed by atoms with Crippen LogP contribution < -0.4 is 5.56 Å². The van der Waals surface area contributed by atoms with Gasteiger partial charge in [0.15, 0.2) is 0 Å². The van der Waals surface area contributed by atoms with Gasteiger partial charge in [0.2, 0.25) is 5.90 Å². The molecule has 5 rings (SSSR count). The Hall–Kier alpha value is -4.06. The second-order valence-electron chi connectivity index (χ2n) is 7.85. The molecule has 0 amide bonds. The number of hydrogen-bond acceptors (Lipinski definition) is 3. The van der Waals surface area contributed by atoms with Crippen LogP contribution in [0.4, 0.5) is 8.78 Å². The quantitative estimate of drug-likeness (QED) is 0.418. The lowest BCUT2D eigenvalue weighted by atomic mass is 10.0. The fourth-order valence-corrected chi connectivity index (χ4v) is 3.88. The van der Waals surface area contributed by atoms with Crippen LogP contribution >= 0.6 is 0 Å². The molecule has 1 aromatic heterocycles. The van der Waals surface area contributed by atoms with Crippen LogP contribution in [0, 0.1) is 11.6 Å². The standard InChI is InChI=1S/C27H20F2N2O2/c28-22-7-4-8-23(29)26(22)27-30-24(17-33-27)20-11-9-19(10-12-20)21-13-14-31(25(32)15-21)16-18-5-2-1-3-6-18/h1-15,24H,16-17H2. The molecule has 1 aliphatic heterocycles. The third kappa shape index (κ3) is 4.32. The average Bonchev–Trinajstić information content (AvgIpc) is 3.31. The van der Waals surface area contributed by atoms with E-state index in [1.54, 1.807) is 16.8 Å². The molecule has 1 unspecified atom stereocenters. The molecule has 6 heteroatoms. The van der Waals surface area contributed by atoms with Crippen molar-refractivity contribution in [2.75, 3.05) is 6.61 Å². The molecule has 1 atom stereocenters. The maximum absolute atomic E-state index is 14.0. The number of hydrogen-bond donors (Lipinski definition) is 0. The number of halogens is 2. The van der Waals surface area contributed by atoms with Gasteiger partial charge < -0.3 is 9.30 Å². The van der Waals surface area contributed by atoms with Gasteiger partial charge >= 0.3 is 0 Å². The van der Waals surface area contributed by atoms with E-state index in [1.807, 2.05) is 60.7 Å². The van der Waals surface area contributed by atoms with Crippen LogP contribution in [0.15, 0.2) is 101 Å². The van der Waals surface area contributed by atoms with Crippen LogP contribution in [-0.2, 0) is 11.3 Å². The summed E-state index contributed by atoms with van der Waals surface area (Å²) < 4.78 is 35.2. The van der Waals surface area contributed by atoms with E-state index in [9.17, 15) is 13.6 Å². The van der Waals surface area contributed by atoms with Crippen LogP contribution in [0.5, 0.6) is 0 Å². The molecular formula is C27H20F2N2O2. The summed E-state index contributed by atoms with van der Waals surface area (Å²) >= 11 is 0. The van der Waals surface area contributed by atoms with Gasteiger partial charge in [-0.15, -0.1) is 0 Å². The largest absolute Gasteiger partial charge is 0.475 e. The molecular weight excluding hydrogens is 422 g/mol. The van der Waals surface area contributed by atoms with E-state index in [-0.39, 0.29) is 29.7 Å². The van der Waals surface area contributed by atoms with Gasteiger partial charge in [-0.2, -0.15) is 0 Å². The van der Waals surface area contributed by atoms with E-state index in [2.05, 4.69) is 4.99 Å². The Morgan fingerprint density at radius 3 is 2.30 bits per heavy atom. The van der Waals surface area contributed by atoms with Crippen LogP contribution in [0.25, 0.3) is 11.1 Å². The Labute approximate surface area is 189 Å². The molecule has 0 radical (unpaired) electrons. The molecule has 0 spiro atoms. The molecule has 0 N–H and O–H groups in total. The lowest BCUT2D eigenvalue weighted by Crippen LogP contribution is -2.19. The second kappa shape index (κ2) is 8.82. The van der Waals surface area contributed by atoms with E-state index < -0.39 is 11.6 Å². The molecule has 2 heterocycles. The zero-order valence-corrected chi connectivity index (χ0v) is 17.6. The summed E-state index contributed by atoms with van der Waals surface area (Å²) in [5.74, 6) is -1.43. The zero-order valence-electron chi connectivity index (χ0n) is 17.6. The molecule has 4 aromatic rings. The Kier molecular flexibility index (Phi) is 5.57. The predicted molar refractivity (Wildman–Crippen MR) is 123 cm³/mol. The Morgan fingerprint density at radius 2 is 1.61 bits per heavy atom. The first-order valence-electron chi connectivity index (χ1n) is 10.6. The van der Waals surface area contributed by atoms with Crippen LogP contribution in [-0.4, -0.2) is 17.1 Å². The number of rotatable bonds is 5. The van der Waals surface area contributed by atoms with Gasteiger partial charge in [0.05, 0.1) is 6.54 Å². The average molecular weight is 442 g/mol. The summed E-state index contributed by atoms with van der Waals surface area (Å²) in [7, 11) is 0. The Morgan fingerprint density at radius 1 is 0.879 bits per heavy atom. The highest BCUT2D eigenvalue weighted by Gasteiger charge is 2.26. The van der Waals surface area contributed by atoms with Gasteiger partial charge in [0, 0.05) is 12.3 Å². The van der Waals surface area contributed by atoms with E-state index in [0.717, 1.165) is 22.3 Å². The minimum Gasteiger partial charge on any atom is -0.475 e. The van der Waals surface area contributed by atoms with Crippen molar-refractivity contribution in [3.8, 4) is 11.1 Å². The molecule has 1 aliphatic rings. The van der Waals surface area contributed by atoms with Gasteiger partial charge in [-0.25, -0.2) is 13.8 Å². The van der Waals surface area contributed by atoms with Gasteiger partial charge in [-0.05, 0) is 40.5 Å². The van der Waals surface area contributed by atoms with Crippen molar-refractivity contribution in [3.63, 3.8) is 0 Å². The molecule has 0 fully saturated rings. The first kappa shape index (κ1) is 20.8. The Balaban J connectivity index is 1.34. The molecule has 4 nitrogen and oxygen atoms in total. The zero-order chi connectivity index (χ0) is 22.8. The normalized spacial score (nSPS) is 15.2. The molecule has 33 heavy (non-hydrogen) atoms. The number of aromatic nitrogens is 1. The summed E-state index contributed by atoms with van der Waals surface area (Å²) in [4.78, 5) is 17.0. The number of aliphatic imine (C=N–C) groups is 1. The van der Waals surface area contributed by atoms with Crippen LogP contribution in [0.1, 0.15) is 22.7 Å². The summed E-state index contributed by atoms with van der Waals surface area (Å²) in [5, 5.41) is 0. The summed E-state index contributed by atoms with van der Waals surface area (Å²) in [6.45, 7) is 0.724. The van der Waals surface area contributed by atoms with Crippen molar-refractivity contribution in [3.05, 3.63) is 130 Å². The van der Waals surface area contributed by atoms with Gasteiger partial charge in [0.1, 0.15) is 29.8 Å². The highest BCUT2D eigenvalue weighted by Crippen LogP contribution is 2.28. The number of nitrogens with zero attached hydrogens (tertiary/aromatic N) is 2. The predicted octanol–water partition coefficient (Wildman–Crippen LogP) is 5.36. The van der Waals surface area contributed by atoms with Gasteiger partial charge in [-0.3, -0.25) is 4.79 Å². The van der Waals surface area contributed by atoms with E-state index >= 15 is 0 Å².